The van der Waals surface area contributed by atoms with Crippen LogP contribution in [0.2, 0.25) is 0 Å². The third-order valence-corrected chi connectivity index (χ3v) is 8.63. The lowest BCUT2D eigenvalue weighted by atomic mass is 9.97. The summed E-state index contributed by atoms with van der Waals surface area (Å²) in [6.07, 6.45) is 1.88. The zero-order valence-corrected chi connectivity index (χ0v) is 27.1. The molecule has 0 aliphatic carbocycles. The van der Waals surface area contributed by atoms with E-state index < -0.39 is 75.3 Å². The van der Waals surface area contributed by atoms with E-state index in [1.54, 1.807) is 0 Å². The van der Waals surface area contributed by atoms with Crippen molar-refractivity contribution in [2.75, 3.05) is 12.3 Å². The molecule has 1 aliphatic rings. The molecule has 260 valence electrons. The number of pyridine rings is 1. The Morgan fingerprint density at radius 2 is 1.73 bits per heavy atom. The number of hydrogen-bond donors (Lipinski definition) is 8. The second-order valence-corrected chi connectivity index (χ2v) is 13.0. The second-order valence-electron chi connectivity index (χ2n) is 10.8. The number of aliphatic carboxylic acids is 1. The van der Waals surface area contributed by atoms with Crippen molar-refractivity contribution in [1.29, 1.82) is 0 Å². The Morgan fingerprint density at radius 1 is 1.12 bits per heavy atom. The van der Waals surface area contributed by atoms with Crippen molar-refractivity contribution in [2.45, 2.75) is 38.1 Å². The van der Waals surface area contributed by atoms with Crippen LogP contribution in [0.5, 0.6) is 5.75 Å². The summed E-state index contributed by atoms with van der Waals surface area (Å²) in [5.74, 6) is -5.44. The smallest absolute Gasteiger partial charge is 0.362 e. The molecule has 1 aromatic carbocycles. The van der Waals surface area contributed by atoms with Crippen molar-refractivity contribution in [3.05, 3.63) is 80.9 Å². The topological polar surface area (TPSA) is 301 Å². The number of β-lactam (4-membered cyclic amide) rings is 1. The first kappa shape index (κ1) is 36.0. The Morgan fingerprint density at radius 3 is 2.27 bits per heavy atom. The molecule has 3 heterocycles. The molecule has 0 spiro atoms. The molecule has 0 unspecified atom stereocenters. The van der Waals surface area contributed by atoms with Crippen LogP contribution in [-0.4, -0.2) is 91.3 Å². The van der Waals surface area contributed by atoms with E-state index in [1.807, 2.05) is 0 Å². The number of carboxylic acid groups (broad SMARTS) is 1. The maximum atomic E-state index is 13.3. The number of aromatic hydroxyl groups is 1. The Hall–Kier alpha value is -5.80. The van der Waals surface area contributed by atoms with Crippen LogP contribution in [0.15, 0.2) is 53.0 Å². The van der Waals surface area contributed by atoms with E-state index in [-0.39, 0.29) is 38.4 Å². The van der Waals surface area contributed by atoms with Gasteiger partial charge in [-0.1, -0.05) is 0 Å². The summed E-state index contributed by atoms with van der Waals surface area (Å²) in [7, 11) is -5.13. The van der Waals surface area contributed by atoms with Gasteiger partial charge in [-0.3, -0.25) is 28.5 Å². The number of nitrogen functional groups attached to an aromatic ring is 1. The van der Waals surface area contributed by atoms with Crippen molar-refractivity contribution >= 4 is 61.9 Å². The van der Waals surface area contributed by atoms with Crippen molar-refractivity contribution in [1.82, 2.24) is 30.2 Å². The largest absolute Gasteiger partial charge is 0.503 e. The van der Waals surface area contributed by atoms with Gasteiger partial charge < -0.3 is 41.6 Å². The molecule has 1 saturated heterocycles. The quantitative estimate of drug-likeness (QED) is 0.0464. The van der Waals surface area contributed by atoms with Gasteiger partial charge >= 0.3 is 16.3 Å². The van der Waals surface area contributed by atoms with Crippen LogP contribution in [0.3, 0.4) is 0 Å². The maximum absolute atomic E-state index is 13.3. The van der Waals surface area contributed by atoms with Crippen LogP contribution >= 0.6 is 11.3 Å². The van der Waals surface area contributed by atoms with Gasteiger partial charge in [0.05, 0.1) is 24.5 Å². The third-order valence-electron chi connectivity index (χ3n) is 7.01. The Kier molecular flexibility index (Phi) is 10.4. The molecular weight excluding hydrogens is 690 g/mol. The molecule has 4 amide bonds. The minimum Gasteiger partial charge on any atom is -0.503 e. The van der Waals surface area contributed by atoms with Crippen molar-refractivity contribution < 1.29 is 51.9 Å². The summed E-state index contributed by atoms with van der Waals surface area (Å²) in [5, 5.41) is 27.3. The van der Waals surface area contributed by atoms with E-state index in [2.05, 4.69) is 25.9 Å². The number of amides is 4. The molecule has 19 nitrogen and oxygen atoms in total. The third kappa shape index (κ3) is 8.38. The SMILES string of the molecule is CC(C)(O/C=C(\C(=O)N[C@@H]1C(=O)N(S(=O)(=O)O)[C@@H]1CNC(=O)c1ccc(C(=O)NCc2cc(=O)c(O)c[nH]2)cc1)c1csc(N)n1)C(=O)O. The van der Waals surface area contributed by atoms with E-state index >= 15 is 0 Å². The number of nitrogens with zero attached hydrogens (tertiary/aromatic N) is 2. The number of anilines is 1. The predicted molar refractivity (Wildman–Crippen MR) is 170 cm³/mol. The van der Waals surface area contributed by atoms with Crippen LogP contribution in [0, 0.1) is 0 Å². The highest BCUT2D eigenvalue weighted by atomic mass is 32.2. The van der Waals surface area contributed by atoms with Crippen LogP contribution in [-0.2, 0) is 36.0 Å². The minimum atomic E-state index is -5.13. The van der Waals surface area contributed by atoms with Gasteiger partial charge in [-0.15, -0.1) is 11.3 Å². The summed E-state index contributed by atoms with van der Waals surface area (Å²) in [6, 6.07) is 3.23. The van der Waals surface area contributed by atoms with E-state index in [0.29, 0.717) is 5.69 Å². The lowest BCUT2D eigenvalue weighted by molar-refractivity contribution is -0.155. The first-order valence-corrected chi connectivity index (χ1v) is 16.2. The summed E-state index contributed by atoms with van der Waals surface area (Å²) in [6.45, 7) is 1.77. The maximum Gasteiger partial charge on any atom is 0.362 e. The van der Waals surface area contributed by atoms with Crippen LogP contribution in [0.1, 0.15) is 46.0 Å². The number of carboxylic acids is 1. The molecule has 49 heavy (non-hydrogen) atoms. The Balaban J connectivity index is 1.44. The van der Waals surface area contributed by atoms with Crippen molar-refractivity contribution in [2.24, 2.45) is 0 Å². The number of rotatable bonds is 13. The fourth-order valence-electron chi connectivity index (χ4n) is 4.24. The summed E-state index contributed by atoms with van der Waals surface area (Å²) in [5.41, 5.74) is 3.33. The first-order chi connectivity index (χ1) is 22.9. The van der Waals surface area contributed by atoms with Gasteiger partial charge in [0.2, 0.25) is 5.43 Å². The molecule has 0 radical (unpaired) electrons. The number of thiazole rings is 1. The molecule has 4 rings (SSSR count). The van der Waals surface area contributed by atoms with Crippen molar-refractivity contribution in [3.63, 3.8) is 0 Å². The fourth-order valence-corrected chi connectivity index (χ4v) is 5.68. The highest BCUT2D eigenvalue weighted by Gasteiger charge is 2.54. The molecular formula is C28H29N7O12S2. The molecule has 9 N–H and O–H groups in total. The van der Waals surface area contributed by atoms with Crippen LogP contribution < -0.4 is 27.1 Å². The van der Waals surface area contributed by atoms with Gasteiger partial charge in [0.25, 0.3) is 23.6 Å². The van der Waals surface area contributed by atoms with E-state index in [1.165, 1.54) is 43.5 Å². The second kappa shape index (κ2) is 14.1. The highest BCUT2D eigenvalue weighted by molar-refractivity contribution is 7.84. The lowest BCUT2D eigenvalue weighted by Gasteiger charge is -2.44. The molecule has 1 aliphatic heterocycles. The number of aromatic nitrogens is 2. The van der Waals surface area contributed by atoms with Crippen LogP contribution in [0.4, 0.5) is 5.13 Å². The molecule has 21 heteroatoms. The number of carbonyl (C=O) groups excluding carboxylic acids is 4. The average molecular weight is 720 g/mol. The monoisotopic (exact) mass is 719 g/mol. The number of hydrogen-bond acceptors (Lipinski definition) is 13. The summed E-state index contributed by atoms with van der Waals surface area (Å²) < 4.78 is 38.9. The minimum absolute atomic E-state index is 0.0218. The molecule has 1 fully saturated rings. The number of aromatic amines is 1. The summed E-state index contributed by atoms with van der Waals surface area (Å²) in [4.78, 5) is 81.0. The van der Waals surface area contributed by atoms with Gasteiger partial charge in [-0.25, -0.2) is 14.1 Å². The van der Waals surface area contributed by atoms with Gasteiger partial charge in [-0.2, -0.15) is 8.42 Å². The molecule has 3 aromatic rings. The van der Waals surface area contributed by atoms with Gasteiger partial charge in [0.15, 0.2) is 16.5 Å². The first-order valence-electron chi connectivity index (χ1n) is 13.9. The molecule has 2 atom stereocenters. The highest BCUT2D eigenvalue weighted by Crippen LogP contribution is 2.26. The van der Waals surface area contributed by atoms with Gasteiger partial charge in [-0.05, 0) is 38.1 Å². The molecule has 0 saturated carbocycles. The summed E-state index contributed by atoms with van der Waals surface area (Å²) >= 11 is 0.945. The van der Waals surface area contributed by atoms with Crippen LogP contribution in [0.25, 0.3) is 5.57 Å². The Bertz CT molecular complexity index is 2010. The molecule has 0 bridgehead atoms. The number of ether oxygens (including phenoxy) is 1. The normalized spacial score (nSPS) is 16.3. The van der Waals surface area contributed by atoms with Gasteiger partial charge in [0, 0.05) is 41.0 Å². The van der Waals surface area contributed by atoms with Gasteiger partial charge in [0.1, 0.15) is 11.6 Å². The number of benzene rings is 1. The van der Waals surface area contributed by atoms with Crippen molar-refractivity contribution in [3.8, 4) is 5.75 Å². The van der Waals surface area contributed by atoms with E-state index in [9.17, 15) is 52.0 Å². The number of H-pyrrole nitrogens is 1. The number of carbonyl (C=O) groups is 5. The van der Waals surface area contributed by atoms with E-state index in [0.717, 1.165) is 29.9 Å². The Labute approximate surface area is 280 Å². The lowest BCUT2D eigenvalue weighted by Crippen LogP contribution is -2.74. The standard InChI is InChI=1S/C28H29N7O12S2/c1-28(2,26(42)43)47-11-16(17-12-48-27(29)33-17)24(40)34-21-18(35(25(21)41)49(44,45)46)9-32-23(39)14-5-3-13(4-6-14)22(38)31-8-15-7-19(36)20(37)10-30-15/h3-7,10-12,18,21,37H,8-9H2,1-2H3,(H2,29,33)(H,30,36)(H,31,38)(H,32,39)(H,34,40)(H,42,43)(H,44,45,46)/b16-11-/t18-,21+/m1/s1. The predicted octanol–water partition coefficient (Wildman–Crippen LogP) is -0.802. The number of nitrogens with one attached hydrogen (secondary N) is 4. The zero-order chi connectivity index (χ0) is 36.3. The average Bonchev–Trinajstić information content (AvgIpc) is 3.46. The molecule has 2 aromatic heterocycles. The number of nitrogens with two attached hydrogens (primary N) is 1. The fraction of sp³-hybridized carbons (Fsp3) is 0.250. The van der Waals surface area contributed by atoms with E-state index in [4.69, 9.17) is 10.5 Å². The zero-order valence-electron chi connectivity index (χ0n) is 25.5.